The van der Waals surface area contributed by atoms with Crippen molar-refractivity contribution in [2.24, 2.45) is 5.73 Å². The monoisotopic (exact) mass is 640 g/mol. The van der Waals surface area contributed by atoms with E-state index >= 15 is 0 Å². The third-order valence-electron chi connectivity index (χ3n) is 8.54. The van der Waals surface area contributed by atoms with E-state index in [4.69, 9.17) is 19.9 Å². The predicted molar refractivity (Wildman–Crippen MR) is 183 cm³/mol. The second kappa shape index (κ2) is 15.0. The number of Topliss-reactive ketones (excluding diaryl/α,β-unsaturated/α-hetero) is 1. The van der Waals surface area contributed by atoms with Crippen LogP contribution in [0.4, 0.5) is 4.79 Å². The van der Waals surface area contributed by atoms with Gasteiger partial charge in [-0.2, -0.15) is 0 Å². The first-order chi connectivity index (χ1) is 22.1. The molecule has 4 aromatic carbocycles. The number of rotatable bonds is 13. The number of benzene rings is 4. The van der Waals surface area contributed by atoms with Gasteiger partial charge in [0.05, 0.1) is 25.3 Å². The number of ether oxygens (including phenoxy) is 3. The smallest absolute Gasteiger partial charge is 0.407 e. The molecule has 0 saturated carbocycles. The largest absolute Gasteiger partial charge is 0.467 e. The molecule has 46 heavy (non-hydrogen) atoms. The van der Waals surface area contributed by atoms with E-state index in [1.807, 2.05) is 72.8 Å². The standard InChI is InChI=1S/C37H44N2O6Si/c1-46(2,3)20-19-43-25-45-33-22-26(21-30-11-7-8-12-31(30)33)24-44-34-23-39(37(41)42)18-17-32(34)27-13-15-28(16-14-27)35(38)36(40)29-9-5-4-6-10-29/h4-16,21-22,32,34-35H,17-20,23-25,38H2,1-3H3,(H,41,42). The van der Waals surface area contributed by atoms with Crippen LogP contribution >= 0.6 is 0 Å². The van der Waals surface area contributed by atoms with E-state index in [-0.39, 0.29) is 31.1 Å². The topological polar surface area (TPSA) is 111 Å². The van der Waals surface area contributed by atoms with E-state index in [0.29, 0.717) is 31.7 Å². The number of carbonyl (C=O) groups is 2. The van der Waals surface area contributed by atoms with Crippen LogP contribution in [0.2, 0.25) is 25.7 Å². The first-order valence-electron chi connectivity index (χ1n) is 15.9. The third kappa shape index (κ3) is 8.61. The van der Waals surface area contributed by atoms with Crippen LogP contribution in [0, 0.1) is 0 Å². The van der Waals surface area contributed by atoms with Crippen LogP contribution in [0.25, 0.3) is 10.8 Å². The van der Waals surface area contributed by atoms with Crippen molar-refractivity contribution < 1.29 is 28.9 Å². The molecule has 1 fully saturated rings. The van der Waals surface area contributed by atoms with Crippen molar-refractivity contribution in [3.63, 3.8) is 0 Å². The van der Waals surface area contributed by atoms with Crippen LogP contribution < -0.4 is 10.5 Å². The summed E-state index contributed by atoms with van der Waals surface area (Å²) in [6.45, 7) is 8.78. The van der Waals surface area contributed by atoms with Gasteiger partial charge in [0.25, 0.3) is 0 Å². The highest BCUT2D eigenvalue weighted by Crippen LogP contribution is 2.33. The summed E-state index contributed by atoms with van der Waals surface area (Å²) < 4.78 is 18.4. The molecule has 1 amide bonds. The molecule has 4 aromatic rings. The number of carbonyl (C=O) groups excluding carboxylic acids is 1. The Kier molecular flexibility index (Phi) is 10.9. The van der Waals surface area contributed by atoms with Crippen LogP contribution in [0.15, 0.2) is 91.0 Å². The summed E-state index contributed by atoms with van der Waals surface area (Å²) in [5, 5.41) is 11.8. The molecule has 8 nitrogen and oxygen atoms in total. The lowest BCUT2D eigenvalue weighted by Crippen LogP contribution is -2.46. The zero-order valence-corrected chi connectivity index (χ0v) is 27.9. The minimum absolute atomic E-state index is 0.0263. The van der Waals surface area contributed by atoms with E-state index < -0.39 is 20.2 Å². The average Bonchev–Trinajstić information content (AvgIpc) is 3.06. The van der Waals surface area contributed by atoms with Gasteiger partial charge in [0.2, 0.25) is 0 Å². The van der Waals surface area contributed by atoms with Crippen molar-refractivity contribution in [2.45, 2.75) is 56.8 Å². The Labute approximate surface area is 272 Å². The van der Waals surface area contributed by atoms with Crippen molar-refractivity contribution in [1.82, 2.24) is 4.90 Å². The number of fused-ring (bicyclic) bond motifs is 1. The van der Waals surface area contributed by atoms with Gasteiger partial charge in [-0.15, -0.1) is 0 Å². The average molecular weight is 641 g/mol. The van der Waals surface area contributed by atoms with Gasteiger partial charge in [0.1, 0.15) is 5.75 Å². The number of carboxylic acid groups (broad SMARTS) is 1. The molecule has 0 aliphatic carbocycles. The number of likely N-dealkylation sites (tertiary alicyclic amines) is 1. The quantitative estimate of drug-likeness (QED) is 0.0675. The van der Waals surface area contributed by atoms with Gasteiger partial charge in [-0.3, -0.25) is 4.79 Å². The van der Waals surface area contributed by atoms with Crippen molar-refractivity contribution in [3.05, 3.63) is 113 Å². The molecular formula is C37H44N2O6Si. The molecule has 0 bridgehead atoms. The fourth-order valence-electron chi connectivity index (χ4n) is 5.81. The Balaban J connectivity index is 1.30. The minimum Gasteiger partial charge on any atom is -0.467 e. The number of amides is 1. The highest BCUT2D eigenvalue weighted by atomic mass is 28.3. The SMILES string of the molecule is C[Si](C)(C)CCOCOc1cc(COC2CN(C(=O)O)CCC2c2ccc(C(N)C(=O)c3ccccc3)cc2)cc2ccccc12. The summed E-state index contributed by atoms with van der Waals surface area (Å²) in [5.41, 5.74) is 9.60. The lowest BCUT2D eigenvalue weighted by atomic mass is 9.86. The van der Waals surface area contributed by atoms with Crippen molar-refractivity contribution in [3.8, 4) is 5.75 Å². The molecule has 9 heteroatoms. The molecule has 3 N–H and O–H groups in total. The van der Waals surface area contributed by atoms with E-state index in [1.165, 1.54) is 4.90 Å². The lowest BCUT2D eigenvalue weighted by molar-refractivity contribution is -0.0201. The first kappa shape index (κ1) is 33.3. The van der Waals surface area contributed by atoms with E-state index in [2.05, 4.69) is 25.7 Å². The fraction of sp³-hybridized carbons (Fsp3) is 0.351. The maximum atomic E-state index is 12.9. The van der Waals surface area contributed by atoms with E-state index in [9.17, 15) is 14.7 Å². The van der Waals surface area contributed by atoms with Gasteiger partial charge in [-0.25, -0.2) is 4.79 Å². The summed E-state index contributed by atoms with van der Waals surface area (Å²) in [5.74, 6) is 0.567. The summed E-state index contributed by atoms with van der Waals surface area (Å²) in [6, 6.07) is 29.2. The summed E-state index contributed by atoms with van der Waals surface area (Å²) in [7, 11) is -1.19. The number of piperidine rings is 1. The molecule has 1 aliphatic rings. The highest BCUT2D eigenvalue weighted by Gasteiger charge is 2.33. The van der Waals surface area contributed by atoms with Crippen LogP contribution in [0.5, 0.6) is 5.75 Å². The maximum Gasteiger partial charge on any atom is 0.407 e. The second-order valence-corrected chi connectivity index (χ2v) is 18.8. The third-order valence-corrected chi connectivity index (χ3v) is 10.2. The summed E-state index contributed by atoms with van der Waals surface area (Å²) in [6.07, 6.45) is -0.703. The molecule has 1 aliphatic heterocycles. The van der Waals surface area contributed by atoms with Crippen molar-refractivity contribution in [1.29, 1.82) is 0 Å². The van der Waals surface area contributed by atoms with Gasteiger partial charge in [-0.1, -0.05) is 98.5 Å². The number of hydrogen-bond donors (Lipinski definition) is 2. The minimum atomic E-state index is -1.19. The van der Waals surface area contributed by atoms with E-state index in [0.717, 1.165) is 39.3 Å². The Morgan fingerprint density at radius 2 is 1.70 bits per heavy atom. The van der Waals surface area contributed by atoms with Crippen LogP contribution in [0.1, 0.15) is 45.4 Å². The van der Waals surface area contributed by atoms with Crippen LogP contribution in [0.3, 0.4) is 0 Å². The second-order valence-electron chi connectivity index (χ2n) is 13.1. The molecule has 1 heterocycles. The lowest BCUT2D eigenvalue weighted by Gasteiger charge is -2.37. The summed E-state index contributed by atoms with van der Waals surface area (Å²) in [4.78, 5) is 26.2. The molecule has 1 saturated heterocycles. The molecule has 242 valence electrons. The van der Waals surface area contributed by atoms with Gasteiger partial charge >= 0.3 is 6.09 Å². The molecule has 3 unspecified atom stereocenters. The van der Waals surface area contributed by atoms with Gasteiger partial charge < -0.3 is 30.0 Å². The number of nitrogens with two attached hydrogens (primary N) is 1. The fourth-order valence-corrected chi connectivity index (χ4v) is 6.56. The maximum absolute atomic E-state index is 12.9. The summed E-state index contributed by atoms with van der Waals surface area (Å²) >= 11 is 0. The number of nitrogens with zero attached hydrogens (tertiary/aromatic N) is 1. The first-order valence-corrected chi connectivity index (χ1v) is 19.6. The van der Waals surface area contributed by atoms with Crippen LogP contribution in [-0.2, 0) is 16.1 Å². The Morgan fingerprint density at radius 1 is 0.978 bits per heavy atom. The molecule has 0 radical (unpaired) electrons. The normalized spacial score (nSPS) is 17.5. The highest BCUT2D eigenvalue weighted by molar-refractivity contribution is 6.76. The van der Waals surface area contributed by atoms with E-state index in [1.54, 1.807) is 12.1 Å². The van der Waals surface area contributed by atoms with Gasteiger partial charge in [0, 0.05) is 38.1 Å². The van der Waals surface area contributed by atoms with Gasteiger partial charge in [-0.05, 0) is 46.7 Å². The number of ketones is 1. The Hall–Kier alpha value is -4.02. The van der Waals surface area contributed by atoms with Gasteiger partial charge in [0.15, 0.2) is 12.6 Å². The molecule has 5 rings (SSSR count). The predicted octanol–water partition coefficient (Wildman–Crippen LogP) is 7.47. The van der Waals surface area contributed by atoms with Crippen molar-refractivity contribution >= 4 is 30.7 Å². The Morgan fingerprint density at radius 3 is 2.41 bits per heavy atom. The number of hydrogen-bond acceptors (Lipinski definition) is 6. The molecule has 0 spiro atoms. The van der Waals surface area contributed by atoms with Crippen LogP contribution in [-0.4, -0.2) is 62.6 Å². The van der Waals surface area contributed by atoms with Crippen molar-refractivity contribution in [2.75, 3.05) is 26.5 Å². The zero-order valence-electron chi connectivity index (χ0n) is 26.9. The molecule has 0 aromatic heterocycles. The molecule has 3 atom stereocenters. The molecular weight excluding hydrogens is 597 g/mol. The zero-order chi connectivity index (χ0) is 32.7. The Bertz CT molecular complexity index is 1620.